The average molecular weight is 272 g/mol. The number of aromatic nitrogens is 2. The molecule has 5 nitrogen and oxygen atoms in total. The summed E-state index contributed by atoms with van der Waals surface area (Å²) in [5.74, 6) is 1.41. The molecule has 2 aromatic rings. The number of H-pyrrole nitrogens is 1. The number of rotatable bonds is 4. The smallest absolute Gasteiger partial charge is 0.260 e. The van der Waals surface area contributed by atoms with Gasteiger partial charge in [0.05, 0.1) is 10.9 Å². The number of benzene rings is 1. The number of nitrogens with zero attached hydrogens (tertiary/aromatic N) is 2. The lowest BCUT2D eigenvalue weighted by molar-refractivity contribution is 0.317. The van der Waals surface area contributed by atoms with E-state index in [1.165, 1.54) is 19.3 Å². The first kappa shape index (κ1) is 13.0. The second kappa shape index (κ2) is 5.15. The van der Waals surface area contributed by atoms with E-state index in [9.17, 15) is 4.79 Å². The lowest BCUT2D eigenvalue weighted by Crippen LogP contribution is -2.34. The molecule has 1 fully saturated rings. The number of aromatic amines is 1. The number of nitrogens with one attached hydrogen (secondary N) is 1. The highest BCUT2D eigenvalue weighted by Crippen LogP contribution is 2.28. The molecular formula is C15H20N4O. The Morgan fingerprint density at radius 2 is 2.25 bits per heavy atom. The molecule has 1 aromatic heterocycles. The predicted octanol–water partition coefficient (Wildman–Crippen LogP) is 2.13. The highest BCUT2D eigenvalue weighted by atomic mass is 16.1. The molecule has 0 bridgehead atoms. The van der Waals surface area contributed by atoms with Crippen LogP contribution in [0.3, 0.4) is 0 Å². The van der Waals surface area contributed by atoms with Gasteiger partial charge in [0.1, 0.15) is 0 Å². The Morgan fingerprint density at radius 3 is 2.90 bits per heavy atom. The van der Waals surface area contributed by atoms with Crippen molar-refractivity contribution in [2.45, 2.75) is 26.2 Å². The fourth-order valence-corrected chi connectivity index (χ4v) is 2.65. The summed E-state index contributed by atoms with van der Waals surface area (Å²) in [6.45, 7) is 3.91. The van der Waals surface area contributed by atoms with Crippen LogP contribution in [0.1, 0.15) is 26.2 Å². The summed E-state index contributed by atoms with van der Waals surface area (Å²) in [5.41, 5.74) is 6.88. The molecule has 0 atom stereocenters. The summed E-state index contributed by atoms with van der Waals surface area (Å²) >= 11 is 0. The molecule has 0 saturated heterocycles. The summed E-state index contributed by atoms with van der Waals surface area (Å²) in [6, 6.07) is 5.26. The molecule has 5 heteroatoms. The minimum absolute atomic E-state index is 0.121. The number of hydrogen-bond acceptors (Lipinski definition) is 4. The topological polar surface area (TPSA) is 75.0 Å². The Morgan fingerprint density at radius 1 is 1.45 bits per heavy atom. The Bertz CT molecular complexity index is 675. The zero-order chi connectivity index (χ0) is 14.1. The van der Waals surface area contributed by atoms with Gasteiger partial charge < -0.3 is 10.6 Å². The van der Waals surface area contributed by atoms with Gasteiger partial charge in [-0.15, -0.1) is 0 Å². The summed E-state index contributed by atoms with van der Waals surface area (Å²) in [6.07, 6.45) is 3.89. The second-order valence-corrected chi connectivity index (χ2v) is 5.50. The third kappa shape index (κ3) is 2.35. The van der Waals surface area contributed by atoms with Crippen LogP contribution in [-0.2, 0) is 0 Å². The number of fused-ring (bicyclic) bond motifs is 1. The van der Waals surface area contributed by atoms with Crippen molar-refractivity contribution in [2.24, 2.45) is 5.92 Å². The summed E-state index contributed by atoms with van der Waals surface area (Å²) in [5, 5.41) is 0.549. The molecule has 0 unspecified atom stereocenters. The van der Waals surface area contributed by atoms with E-state index in [0.29, 0.717) is 22.5 Å². The van der Waals surface area contributed by atoms with Gasteiger partial charge in [0, 0.05) is 18.8 Å². The first-order valence-electron chi connectivity index (χ1n) is 7.22. The van der Waals surface area contributed by atoms with E-state index in [1.807, 2.05) is 0 Å². The van der Waals surface area contributed by atoms with Crippen LogP contribution in [0.2, 0.25) is 0 Å². The fourth-order valence-electron chi connectivity index (χ4n) is 2.65. The van der Waals surface area contributed by atoms with Crippen molar-refractivity contribution in [1.29, 1.82) is 0 Å². The van der Waals surface area contributed by atoms with Crippen LogP contribution in [0.25, 0.3) is 10.9 Å². The van der Waals surface area contributed by atoms with E-state index in [1.54, 1.807) is 18.2 Å². The first-order valence-corrected chi connectivity index (χ1v) is 7.22. The van der Waals surface area contributed by atoms with Crippen molar-refractivity contribution in [3.05, 3.63) is 28.6 Å². The van der Waals surface area contributed by atoms with Gasteiger partial charge >= 0.3 is 0 Å². The number of hydrogen-bond donors (Lipinski definition) is 2. The minimum atomic E-state index is -0.121. The molecule has 20 heavy (non-hydrogen) atoms. The van der Waals surface area contributed by atoms with Gasteiger partial charge in [-0.2, -0.15) is 0 Å². The third-order valence-corrected chi connectivity index (χ3v) is 4.10. The lowest BCUT2D eigenvalue weighted by atomic mass is 9.85. The van der Waals surface area contributed by atoms with Gasteiger partial charge in [0.25, 0.3) is 5.56 Å². The molecule has 106 valence electrons. The SMILES string of the molecule is CCN(CC1CCC1)c1nc2ccc(N)cc2c(=O)[nH]1. The van der Waals surface area contributed by atoms with Crippen LogP contribution >= 0.6 is 0 Å². The van der Waals surface area contributed by atoms with Crippen molar-refractivity contribution in [2.75, 3.05) is 23.7 Å². The highest BCUT2D eigenvalue weighted by Gasteiger charge is 2.21. The molecule has 0 aliphatic heterocycles. The van der Waals surface area contributed by atoms with Crippen molar-refractivity contribution in [3.8, 4) is 0 Å². The minimum Gasteiger partial charge on any atom is -0.399 e. The average Bonchev–Trinajstić information content (AvgIpc) is 2.38. The number of nitrogens with two attached hydrogens (primary N) is 1. The normalized spacial score (nSPS) is 15.2. The van der Waals surface area contributed by atoms with Crippen molar-refractivity contribution >= 4 is 22.5 Å². The summed E-state index contributed by atoms with van der Waals surface area (Å²) in [4.78, 5) is 21.8. The van der Waals surface area contributed by atoms with Crippen molar-refractivity contribution in [3.63, 3.8) is 0 Å². The zero-order valence-electron chi connectivity index (χ0n) is 11.7. The monoisotopic (exact) mass is 272 g/mol. The Balaban J connectivity index is 1.97. The van der Waals surface area contributed by atoms with Gasteiger partial charge in [-0.3, -0.25) is 9.78 Å². The van der Waals surface area contributed by atoms with Crippen LogP contribution in [0.4, 0.5) is 11.6 Å². The van der Waals surface area contributed by atoms with Gasteiger partial charge in [-0.1, -0.05) is 6.42 Å². The lowest BCUT2D eigenvalue weighted by Gasteiger charge is -2.32. The number of anilines is 2. The fraction of sp³-hybridized carbons (Fsp3) is 0.467. The van der Waals surface area contributed by atoms with Crippen LogP contribution < -0.4 is 16.2 Å². The van der Waals surface area contributed by atoms with E-state index in [0.717, 1.165) is 19.0 Å². The summed E-state index contributed by atoms with van der Waals surface area (Å²) < 4.78 is 0. The first-order chi connectivity index (χ1) is 9.67. The molecule has 3 N–H and O–H groups in total. The maximum atomic E-state index is 12.2. The van der Waals surface area contributed by atoms with Crippen LogP contribution in [0, 0.1) is 5.92 Å². The van der Waals surface area contributed by atoms with E-state index in [2.05, 4.69) is 21.8 Å². The molecule has 0 spiro atoms. The predicted molar refractivity (Wildman–Crippen MR) is 82.0 cm³/mol. The van der Waals surface area contributed by atoms with Crippen molar-refractivity contribution < 1.29 is 0 Å². The quantitative estimate of drug-likeness (QED) is 0.836. The van der Waals surface area contributed by atoms with Gasteiger partial charge in [-0.05, 0) is 43.9 Å². The molecule has 1 aliphatic rings. The van der Waals surface area contributed by atoms with Gasteiger partial charge in [-0.25, -0.2) is 4.98 Å². The van der Waals surface area contributed by atoms with E-state index < -0.39 is 0 Å². The third-order valence-electron chi connectivity index (χ3n) is 4.10. The molecular weight excluding hydrogens is 252 g/mol. The largest absolute Gasteiger partial charge is 0.399 e. The second-order valence-electron chi connectivity index (χ2n) is 5.50. The molecule has 1 heterocycles. The Kier molecular flexibility index (Phi) is 3.34. The zero-order valence-corrected chi connectivity index (χ0v) is 11.7. The standard InChI is InChI=1S/C15H20N4O/c1-2-19(9-10-4-3-5-10)15-17-13-7-6-11(16)8-12(13)14(20)18-15/h6-8,10H,2-5,9,16H2,1H3,(H,17,18,20). The molecule has 1 aromatic carbocycles. The highest BCUT2D eigenvalue weighted by molar-refractivity contribution is 5.81. The van der Waals surface area contributed by atoms with E-state index >= 15 is 0 Å². The Hall–Kier alpha value is -2.04. The molecule has 1 aliphatic carbocycles. The maximum absolute atomic E-state index is 12.2. The van der Waals surface area contributed by atoms with Crippen molar-refractivity contribution in [1.82, 2.24) is 9.97 Å². The Labute approximate surface area is 117 Å². The maximum Gasteiger partial charge on any atom is 0.260 e. The van der Waals surface area contributed by atoms with Gasteiger partial charge in [0.15, 0.2) is 0 Å². The molecule has 1 saturated carbocycles. The van der Waals surface area contributed by atoms with E-state index in [4.69, 9.17) is 5.73 Å². The van der Waals surface area contributed by atoms with Gasteiger partial charge in [0.2, 0.25) is 5.95 Å². The van der Waals surface area contributed by atoms with Crippen LogP contribution in [0.15, 0.2) is 23.0 Å². The summed E-state index contributed by atoms with van der Waals surface area (Å²) in [7, 11) is 0. The number of nitrogen functional groups attached to an aromatic ring is 1. The van der Waals surface area contributed by atoms with E-state index in [-0.39, 0.29) is 5.56 Å². The van der Waals surface area contributed by atoms with Crippen LogP contribution in [0.5, 0.6) is 0 Å². The molecule has 3 rings (SSSR count). The molecule has 0 amide bonds. The molecule has 0 radical (unpaired) electrons. The van der Waals surface area contributed by atoms with Crippen LogP contribution in [-0.4, -0.2) is 23.1 Å².